The molecule has 3 aromatic rings. The molecule has 0 N–H and O–H groups in total. The Morgan fingerprint density at radius 2 is 2.04 bits per heavy atom. The Morgan fingerprint density at radius 3 is 2.91 bits per heavy atom. The molecule has 0 aliphatic carbocycles. The summed E-state index contributed by atoms with van der Waals surface area (Å²) in [6.45, 7) is 4.04. The van der Waals surface area contributed by atoms with Crippen LogP contribution in [0.2, 0.25) is 5.02 Å². The number of pyridine rings is 1. The molecule has 0 amide bonds. The zero-order chi connectivity index (χ0) is 15.8. The van der Waals surface area contributed by atoms with Gasteiger partial charge in [0.05, 0.1) is 17.2 Å². The van der Waals surface area contributed by atoms with Gasteiger partial charge in [0.1, 0.15) is 5.82 Å². The summed E-state index contributed by atoms with van der Waals surface area (Å²) in [6.07, 6.45) is 6.84. The fourth-order valence-electron chi connectivity index (χ4n) is 3.17. The van der Waals surface area contributed by atoms with Crippen molar-refractivity contribution in [2.45, 2.75) is 19.3 Å². The second kappa shape index (κ2) is 5.78. The maximum atomic E-state index is 6.00. The third-order valence-electron chi connectivity index (χ3n) is 4.37. The van der Waals surface area contributed by atoms with Crippen LogP contribution in [0.4, 0.5) is 5.82 Å². The van der Waals surface area contributed by atoms with Crippen molar-refractivity contribution >= 4 is 28.5 Å². The highest BCUT2D eigenvalue weighted by Crippen LogP contribution is 2.30. The normalized spacial score (nSPS) is 17.8. The number of aromatic nitrogens is 3. The van der Waals surface area contributed by atoms with Crippen LogP contribution in [-0.2, 0) is 0 Å². The van der Waals surface area contributed by atoms with Crippen molar-refractivity contribution < 1.29 is 0 Å². The standard InChI is InChI=1S/C18H17ClN4/c1-12-6-14(9-20-8-12)13-4-5-23(11-13)18-10-21-17-7-15(19)2-3-16(17)22-18/h2-3,6-10,13H,4-5,11H2,1H3. The molecule has 1 unspecified atom stereocenters. The van der Waals surface area contributed by atoms with Gasteiger partial charge in [0, 0.05) is 36.4 Å². The van der Waals surface area contributed by atoms with E-state index in [1.54, 1.807) is 0 Å². The van der Waals surface area contributed by atoms with Crippen molar-refractivity contribution in [3.8, 4) is 0 Å². The number of rotatable bonds is 2. The van der Waals surface area contributed by atoms with Crippen LogP contribution in [0.3, 0.4) is 0 Å². The van der Waals surface area contributed by atoms with Gasteiger partial charge >= 0.3 is 0 Å². The minimum absolute atomic E-state index is 0.505. The minimum atomic E-state index is 0.505. The topological polar surface area (TPSA) is 41.9 Å². The Morgan fingerprint density at radius 1 is 1.13 bits per heavy atom. The smallest absolute Gasteiger partial charge is 0.147 e. The third kappa shape index (κ3) is 2.86. The van der Waals surface area contributed by atoms with Gasteiger partial charge in [0.25, 0.3) is 0 Å². The van der Waals surface area contributed by atoms with Gasteiger partial charge in [-0.25, -0.2) is 4.98 Å². The van der Waals surface area contributed by atoms with Gasteiger partial charge in [0.2, 0.25) is 0 Å². The SMILES string of the molecule is Cc1cncc(C2CCN(c3cnc4cc(Cl)ccc4n3)C2)c1. The minimum Gasteiger partial charge on any atom is -0.355 e. The largest absolute Gasteiger partial charge is 0.355 e. The number of hydrogen-bond acceptors (Lipinski definition) is 4. The van der Waals surface area contributed by atoms with Crippen LogP contribution in [0.5, 0.6) is 0 Å². The molecular formula is C18H17ClN4. The summed E-state index contributed by atoms with van der Waals surface area (Å²) in [5, 5.41) is 0.688. The lowest BCUT2D eigenvalue weighted by Gasteiger charge is -2.17. The lowest BCUT2D eigenvalue weighted by Crippen LogP contribution is -2.20. The van der Waals surface area contributed by atoms with Crippen LogP contribution in [0.1, 0.15) is 23.5 Å². The van der Waals surface area contributed by atoms with E-state index in [9.17, 15) is 0 Å². The molecule has 1 atom stereocenters. The Labute approximate surface area is 140 Å². The predicted molar refractivity (Wildman–Crippen MR) is 93.1 cm³/mol. The molecule has 1 saturated heterocycles. The molecule has 4 nitrogen and oxygen atoms in total. The van der Waals surface area contributed by atoms with E-state index in [0.717, 1.165) is 36.4 Å². The van der Waals surface area contributed by atoms with Gasteiger partial charge in [-0.15, -0.1) is 0 Å². The number of anilines is 1. The highest BCUT2D eigenvalue weighted by molar-refractivity contribution is 6.31. The van der Waals surface area contributed by atoms with Crippen molar-refractivity contribution in [2.75, 3.05) is 18.0 Å². The molecule has 0 saturated carbocycles. The summed E-state index contributed by atoms with van der Waals surface area (Å²) < 4.78 is 0. The van der Waals surface area contributed by atoms with Crippen molar-refractivity contribution in [1.29, 1.82) is 0 Å². The van der Waals surface area contributed by atoms with Crippen LogP contribution in [0, 0.1) is 6.92 Å². The van der Waals surface area contributed by atoms with E-state index >= 15 is 0 Å². The average Bonchev–Trinajstić information content (AvgIpc) is 3.04. The van der Waals surface area contributed by atoms with E-state index in [2.05, 4.69) is 27.9 Å². The van der Waals surface area contributed by atoms with Crippen molar-refractivity contribution in [3.63, 3.8) is 0 Å². The first-order chi connectivity index (χ1) is 11.2. The molecular weight excluding hydrogens is 308 g/mol. The summed E-state index contributed by atoms with van der Waals surface area (Å²) >= 11 is 6.00. The highest BCUT2D eigenvalue weighted by atomic mass is 35.5. The molecule has 1 aliphatic rings. The number of aryl methyl sites for hydroxylation is 1. The summed E-state index contributed by atoms with van der Waals surface area (Å²) in [5.41, 5.74) is 4.24. The van der Waals surface area contributed by atoms with Crippen molar-refractivity contribution in [1.82, 2.24) is 15.0 Å². The summed E-state index contributed by atoms with van der Waals surface area (Å²) in [5.74, 6) is 1.44. The Bertz CT molecular complexity index is 865. The average molecular weight is 325 g/mol. The molecule has 4 rings (SSSR count). The quantitative estimate of drug-likeness (QED) is 0.715. The van der Waals surface area contributed by atoms with Crippen molar-refractivity contribution in [2.24, 2.45) is 0 Å². The van der Waals surface area contributed by atoms with Crippen LogP contribution < -0.4 is 4.90 Å². The fourth-order valence-corrected chi connectivity index (χ4v) is 3.33. The van der Waals surface area contributed by atoms with E-state index in [1.165, 1.54) is 11.1 Å². The Hall–Kier alpha value is -2.20. The van der Waals surface area contributed by atoms with Crippen LogP contribution in [0.25, 0.3) is 11.0 Å². The predicted octanol–water partition coefficient (Wildman–Crippen LogP) is 3.98. The summed E-state index contributed by atoms with van der Waals surface area (Å²) in [7, 11) is 0. The van der Waals surface area contributed by atoms with Gasteiger partial charge in [-0.2, -0.15) is 0 Å². The second-order valence-corrected chi connectivity index (χ2v) is 6.52. The zero-order valence-electron chi connectivity index (χ0n) is 12.9. The molecule has 1 fully saturated rings. The van der Waals surface area contributed by atoms with Gasteiger partial charge in [-0.05, 0) is 42.7 Å². The molecule has 5 heteroatoms. The number of fused-ring (bicyclic) bond motifs is 1. The van der Waals surface area contributed by atoms with E-state index in [-0.39, 0.29) is 0 Å². The lowest BCUT2D eigenvalue weighted by molar-refractivity contribution is 0.768. The van der Waals surface area contributed by atoms with Crippen LogP contribution >= 0.6 is 11.6 Å². The third-order valence-corrected chi connectivity index (χ3v) is 4.61. The molecule has 23 heavy (non-hydrogen) atoms. The summed E-state index contributed by atoms with van der Waals surface area (Å²) in [4.78, 5) is 15.8. The molecule has 1 aliphatic heterocycles. The Kier molecular flexibility index (Phi) is 3.62. The monoisotopic (exact) mass is 324 g/mol. The molecule has 2 aromatic heterocycles. The lowest BCUT2D eigenvalue weighted by atomic mass is 9.99. The number of halogens is 1. The van der Waals surface area contributed by atoms with Gasteiger partial charge in [0.15, 0.2) is 0 Å². The van der Waals surface area contributed by atoms with E-state index in [0.29, 0.717) is 10.9 Å². The number of benzene rings is 1. The molecule has 3 heterocycles. The van der Waals surface area contributed by atoms with E-state index < -0.39 is 0 Å². The zero-order valence-corrected chi connectivity index (χ0v) is 13.7. The first kappa shape index (κ1) is 14.4. The highest BCUT2D eigenvalue weighted by Gasteiger charge is 2.25. The van der Waals surface area contributed by atoms with E-state index in [1.807, 2.05) is 36.8 Å². The van der Waals surface area contributed by atoms with Crippen LogP contribution in [0.15, 0.2) is 42.9 Å². The van der Waals surface area contributed by atoms with Crippen LogP contribution in [-0.4, -0.2) is 28.0 Å². The van der Waals surface area contributed by atoms with Gasteiger partial charge in [-0.3, -0.25) is 9.97 Å². The van der Waals surface area contributed by atoms with Gasteiger partial charge < -0.3 is 4.90 Å². The fraction of sp³-hybridized carbons (Fsp3) is 0.278. The van der Waals surface area contributed by atoms with Crippen molar-refractivity contribution in [3.05, 3.63) is 59.0 Å². The van der Waals surface area contributed by atoms with Gasteiger partial charge in [-0.1, -0.05) is 17.7 Å². The summed E-state index contributed by atoms with van der Waals surface area (Å²) in [6, 6.07) is 7.86. The first-order valence-corrected chi connectivity index (χ1v) is 8.16. The maximum Gasteiger partial charge on any atom is 0.147 e. The maximum absolute atomic E-state index is 6.00. The Balaban J connectivity index is 1.58. The molecule has 1 aromatic carbocycles. The molecule has 0 bridgehead atoms. The second-order valence-electron chi connectivity index (χ2n) is 6.09. The first-order valence-electron chi connectivity index (χ1n) is 7.78. The number of hydrogen-bond donors (Lipinski definition) is 0. The van der Waals surface area contributed by atoms with E-state index in [4.69, 9.17) is 16.6 Å². The number of nitrogens with zero attached hydrogens (tertiary/aromatic N) is 4. The molecule has 0 spiro atoms. The molecule has 116 valence electrons. The molecule has 0 radical (unpaired) electrons.